The number of nitrogens with zero attached hydrogens (tertiary/aromatic N) is 3. The molecule has 4 rings (SSSR count). The molecule has 1 aliphatic rings. The van der Waals surface area contributed by atoms with Gasteiger partial charge in [0, 0.05) is 12.1 Å². The maximum absolute atomic E-state index is 12.4. The van der Waals surface area contributed by atoms with E-state index in [0.717, 1.165) is 23.4 Å². The molecule has 1 aromatic carbocycles. The molecule has 1 N–H and O–H groups in total. The quantitative estimate of drug-likeness (QED) is 0.800. The van der Waals surface area contributed by atoms with E-state index in [0.29, 0.717) is 17.2 Å². The molecule has 124 valence electrons. The summed E-state index contributed by atoms with van der Waals surface area (Å²) < 4.78 is 1.78. The summed E-state index contributed by atoms with van der Waals surface area (Å²) in [5.41, 5.74) is 4.18. The Balaban J connectivity index is 1.76. The summed E-state index contributed by atoms with van der Waals surface area (Å²) >= 11 is 0. The highest BCUT2D eigenvalue weighted by Gasteiger charge is 2.18. The lowest BCUT2D eigenvalue weighted by Gasteiger charge is -2.21. The highest BCUT2D eigenvalue weighted by molar-refractivity contribution is 5.72. The van der Waals surface area contributed by atoms with Gasteiger partial charge in [0.25, 0.3) is 0 Å². The molecule has 1 aliphatic carbocycles. The molecule has 2 aromatic heterocycles. The van der Waals surface area contributed by atoms with Crippen LogP contribution in [0, 0.1) is 12.8 Å². The van der Waals surface area contributed by atoms with Gasteiger partial charge in [0.15, 0.2) is 11.3 Å². The molecular formula is C19H22N4O. The zero-order valence-corrected chi connectivity index (χ0v) is 14.0. The average molecular weight is 322 g/mol. The van der Waals surface area contributed by atoms with Gasteiger partial charge in [0.2, 0.25) is 0 Å². The summed E-state index contributed by atoms with van der Waals surface area (Å²) in [6.07, 6.45) is 7.99. The van der Waals surface area contributed by atoms with Crippen LogP contribution >= 0.6 is 0 Å². The van der Waals surface area contributed by atoms with Crippen LogP contribution < -0.4 is 5.69 Å². The molecule has 0 amide bonds. The highest BCUT2D eigenvalue weighted by atomic mass is 16.1. The van der Waals surface area contributed by atoms with E-state index in [1.807, 2.05) is 18.2 Å². The van der Waals surface area contributed by atoms with Crippen LogP contribution in [0.15, 0.2) is 35.3 Å². The normalized spacial score (nSPS) is 15.9. The van der Waals surface area contributed by atoms with Crippen molar-refractivity contribution in [2.24, 2.45) is 5.92 Å². The first-order valence-electron chi connectivity index (χ1n) is 8.74. The van der Waals surface area contributed by atoms with E-state index >= 15 is 0 Å². The van der Waals surface area contributed by atoms with E-state index < -0.39 is 0 Å². The summed E-state index contributed by atoms with van der Waals surface area (Å²) in [4.78, 5) is 24.4. The minimum atomic E-state index is -0.0995. The molecule has 1 saturated carbocycles. The maximum Gasteiger partial charge on any atom is 0.328 e. The Morgan fingerprint density at radius 2 is 2.00 bits per heavy atom. The second-order valence-electron chi connectivity index (χ2n) is 6.79. The molecule has 0 saturated heterocycles. The number of rotatable bonds is 3. The van der Waals surface area contributed by atoms with Crippen LogP contribution in [0.3, 0.4) is 0 Å². The summed E-state index contributed by atoms with van der Waals surface area (Å²) in [7, 11) is 0. The topological polar surface area (TPSA) is 63.6 Å². The first kappa shape index (κ1) is 15.1. The van der Waals surface area contributed by atoms with Crippen molar-refractivity contribution in [2.75, 3.05) is 0 Å². The molecule has 0 aliphatic heterocycles. The molecule has 2 heterocycles. The van der Waals surface area contributed by atoms with Gasteiger partial charge in [-0.3, -0.25) is 9.55 Å². The van der Waals surface area contributed by atoms with Crippen molar-refractivity contribution in [3.8, 4) is 11.3 Å². The molecule has 0 unspecified atom stereocenters. The van der Waals surface area contributed by atoms with Crippen LogP contribution in [0.2, 0.25) is 0 Å². The van der Waals surface area contributed by atoms with Crippen LogP contribution in [0.25, 0.3) is 22.6 Å². The van der Waals surface area contributed by atoms with Crippen molar-refractivity contribution in [3.63, 3.8) is 0 Å². The van der Waals surface area contributed by atoms with E-state index in [1.165, 1.54) is 32.1 Å². The lowest BCUT2D eigenvalue weighted by atomic mass is 9.89. The Kier molecular flexibility index (Phi) is 3.92. The first-order valence-corrected chi connectivity index (χ1v) is 8.74. The number of benzene rings is 1. The predicted molar refractivity (Wildman–Crippen MR) is 94.9 cm³/mol. The fourth-order valence-electron chi connectivity index (χ4n) is 3.71. The van der Waals surface area contributed by atoms with Gasteiger partial charge < -0.3 is 0 Å². The van der Waals surface area contributed by atoms with E-state index in [-0.39, 0.29) is 5.69 Å². The van der Waals surface area contributed by atoms with Crippen LogP contribution in [-0.2, 0) is 6.54 Å². The maximum atomic E-state index is 12.4. The number of hydrogen-bond acceptors (Lipinski definition) is 3. The number of fused-ring (bicyclic) bond motifs is 1. The Labute approximate surface area is 140 Å². The van der Waals surface area contributed by atoms with Gasteiger partial charge in [-0.2, -0.15) is 0 Å². The predicted octanol–water partition coefficient (Wildman–Crippen LogP) is 3.68. The molecule has 24 heavy (non-hydrogen) atoms. The van der Waals surface area contributed by atoms with Crippen molar-refractivity contribution in [1.29, 1.82) is 0 Å². The van der Waals surface area contributed by atoms with Crippen LogP contribution in [0.1, 0.15) is 37.7 Å². The van der Waals surface area contributed by atoms with Crippen molar-refractivity contribution in [1.82, 2.24) is 19.5 Å². The van der Waals surface area contributed by atoms with Crippen LogP contribution in [0.4, 0.5) is 0 Å². The van der Waals surface area contributed by atoms with E-state index in [4.69, 9.17) is 4.98 Å². The zero-order valence-electron chi connectivity index (χ0n) is 14.0. The number of aryl methyl sites for hydroxylation is 1. The zero-order chi connectivity index (χ0) is 16.5. The molecule has 0 spiro atoms. The minimum absolute atomic E-state index is 0.0995. The number of aromatic amines is 1. The van der Waals surface area contributed by atoms with Gasteiger partial charge in [-0.15, -0.1) is 0 Å². The van der Waals surface area contributed by atoms with Gasteiger partial charge >= 0.3 is 5.69 Å². The van der Waals surface area contributed by atoms with Crippen molar-refractivity contribution < 1.29 is 0 Å². The number of hydrogen-bond donors (Lipinski definition) is 1. The lowest BCUT2D eigenvalue weighted by molar-refractivity contribution is 0.319. The number of aromatic nitrogens is 4. The third-order valence-electron chi connectivity index (χ3n) is 5.07. The number of H-pyrrole nitrogens is 1. The molecule has 5 heteroatoms. The fourth-order valence-corrected chi connectivity index (χ4v) is 3.71. The SMILES string of the molecule is Cc1ccccc1-c1cnc2[nH]c(=O)n(CC3CCCCC3)c2n1. The Bertz CT molecular complexity index is 919. The first-order chi connectivity index (χ1) is 11.7. The Hall–Kier alpha value is -2.43. The second-order valence-corrected chi connectivity index (χ2v) is 6.79. The smallest absolute Gasteiger partial charge is 0.289 e. The number of imidazole rings is 1. The average Bonchev–Trinajstić information content (AvgIpc) is 2.91. The van der Waals surface area contributed by atoms with E-state index in [9.17, 15) is 4.79 Å². The third kappa shape index (κ3) is 2.75. The number of nitrogens with one attached hydrogen (secondary N) is 1. The van der Waals surface area contributed by atoms with Gasteiger partial charge in [-0.05, 0) is 31.2 Å². The van der Waals surface area contributed by atoms with Crippen molar-refractivity contribution >= 4 is 11.3 Å². The van der Waals surface area contributed by atoms with E-state index in [2.05, 4.69) is 23.0 Å². The molecule has 0 bridgehead atoms. The van der Waals surface area contributed by atoms with Gasteiger partial charge in [-0.25, -0.2) is 14.8 Å². The molecular weight excluding hydrogens is 300 g/mol. The van der Waals surface area contributed by atoms with Crippen molar-refractivity contribution in [3.05, 3.63) is 46.5 Å². The van der Waals surface area contributed by atoms with Crippen LogP contribution in [0.5, 0.6) is 0 Å². The minimum Gasteiger partial charge on any atom is -0.289 e. The molecule has 5 nitrogen and oxygen atoms in total. The van der Waals surface area contributed by atoms with Crippen molar-refractivity contribution in [2.45, 2.75) is 45.6 Å². The highest BCUT2D eigenvalue weighted by Crippen LogP contribution is 2.26. The van der Waals surface area contributed by atoms with Gasteiger partial charge in [0.05, 0.1) is 11.9 Å². The molecule has 3 aromatic rings. The monoisotopic (exact) mass is 322 g/mol. The van der Waals surface area contributed by atoms with E-state index in [1.54, 1.807) is 10.8 Å². The molecule has 0 atom stereocenters. The Morgan fingerprint density at radius 1 is 1.21 bits per heavy atom. The lowest BCUT2D eigenvalue weighted by Crippen LogP contribution is -2.23. The summed E-state index contributed by atoms with van der Waals surface area (Å²) in [6, 6.07) is 8.12. The second kappa shape index (κ2) is 6.23. The van der Waals surface area contributed by atoms with Gasteiger partial charge in [-0.1, -0.05) is 43.5 Å². The summed E-state index contributed by atoms with van der Waals surface area (Å²) in [6.45, 7) is 2.80. The fraction of sp³-hybridized carbons (Fsp3) is 0.421. The van der Waals surface area contributed by atoms with Crippen LogP contribution in [-0.4, -0.2) is 19.5 Å². The molecule has 0 radical (unpaired) electrons. The largest absolute Gasteiger partial charge is 0.328 e. The standard InChI is InChI=1S/C19H22N4O/c1-13-7-5-6-10-15(13)16-11-20-17-18(21-16)23(19(24)22-17)12-14-8-3-2-4-9-14/h5-7,10-11,14H,2-4,8-9,12H2,1H3,(H,20,22,24). The third-order valence-corrected chi connectivity index (χ3v) is 5.07. The summed E-state index contributed by atoms with van der Waals surface area (Å²) in [5.74, 6) is 0.569. The van der Waals surface area contributed by atoms with Gasteiger partial charge in [0.1, 0.15) is 0 Å². The Morgan fingerprint density at radius 3 is 2.79 bits per heavy atom. The molecule has 1 fully saturated rings. The summed E-state index contributed by atoms with van der Waals surface area (Å²) in [5, 5.41) is 0.